The fourth-order valence-electron chi connectivity index (χ4n) is 1.76. The molecule has 6 nitrogen and oxygen atoms in total. The summed E-state index contributed by atoms with van der Waals surface area (Å²) < 4.78 is 5.34. The van der Waals surface area contributed by atoms with Gasteiger partial charge in [-0.3, -0.25) is 4.90 Å². The van der Waals surface area contributed by atoms with Gasteiger partial charge in [0, 0.05) is 7.05 Å². The lowest BCUT2D eigenvalue weighted by Crippen LogP contribution is -2.43. The third-order valence-electron chi connectivity index (χ3n) is 2.54. The van der Waals surface area contributed by atoms with Crippen molar-refractivity contribution in [3.05, 3.63) is 23.8 Å². The van der Waals surface area contributed by atoms with Gasteiger partial charge in [0.15, 0.2) is 5.75 Å². The molecule has 2 amide bonds. The van der Waals surface area contributed by atoms with Crippen molar-refractivity contribution in [1.82, 2.24) is 5.32 Å². The Hall–Kier alpha value is -2.24. The van der Waals surface area contributed by atoms with Crippen molar-refractivity contribution >= 4 is 17.7 Å². The first-order chi connectivity index (χ1) is 8.15. The fraction of sp³-hybridized carbons (Fsp3) is 0.273. The van der Waals surface area contributed by atoms with Crippen LogP contribution in [0.15, 0.2) is 18.2 Å². The number of urea groups is 1. The van der Waals surface area contributed by atoms with Crippen LogP contribution in [0.4, 0.5) is 10.5 Å². The number of carbonyl (C=O) groups excluding carboxylic acids is 1. The molecule has 1 aromatic carbocycles. The van der Waals surface area contributed by atoms with Crippen LogP contribution in [0.3, 0.4) is 0 Å². The van der Waals surface area contributed by atoms with E-state index in [9.17, 15) is 9.59 Å². The van der Waals surface area contributed by atoms with Gasteiger partial charge in [-0.1, -0.05) is 6.07 Å². The SMILES string of the molecule is CNC(=O)N1CCOc2c(C(=O)O)cccc21. The third-order valence-corrected chi connectivity index (χ3v) is 2.54. The summed E-state index contributed by atoms with van der Waals surface area (Å²) in [5.41, 5.74) is 0.548. The highest BCUT2D eigenvalue weighted by molar-refractivity contribution is 5.99. The van der Waals surface area contributed by atoms with E-state index >= 15 is 0 Å². The van der Waals surface area contributed by atoms with Crippen LogP contribution in [0.1, 0.15) is 10.4 Å². The molecule has 17 heavy (non-hydrogen) atoms. The maximum atomic E-state index is 11.6. The normalized spacial score (nSPS) is 13.6. The minimum absolute atomic E-state index is 0.0658. The van der Waals surface area contributed by atoms with E-state index in [1.807, 2.05) is 0 Å². The van der Waals surface area contributed by atoms with Gasteiger partial charge in [0.2, 0.25) is 0 Å². The molecule has 1 heterocycles. The predicted octanol–water partition coefficient (Wildman–Crippen LogP) is 0.923. The van der Waals surface area contributed by atoms with E-state index in [0.717, 1.165) is 0 Å². The number of para-hydroxylation sites is 1. The molecule has 90 valence electrons. The number of amides is 2. The van der Waals surface area contributed by atoms with Crippen molar-refractivity contribution in [2.45, 2.75) is 0 Å². The van der Waals surface area contributed by atoms with Crippen LogP contribution in [0, 0.1) is 0 Å². The molecule has 0 atom stereocenters. The number of fused-ring (bicyclic) bond motifs is 1. The maximum Gasteiger partial charge on any atom is 0.339 e. The predicted molar refractivity (Wildman–Crippen MR) is 60.7 cm³/mol. The summed E-state index contributed by atoms with van der Waals surface area (Å²) in [5, 5.41) is 11.5. The number of carbonyl (C=O) groups is 2. The molecular formula is C11H12N2O4. The lowest BCUT2D eigenvalue weighted by molar-refractivity contribution is 0.0692. The van der Waals surface area contributed by atoms with E-state index in [-0.39, 0.29) is 24.0 Å². The van der Waals surface area contributed by atoms with E-state index < -0.39 is 5.97 Å². The van der Waals surface area contributed by atoms with E-state index in [2.05, 4.69) is 5.32 Å². The number of hydrogen-bond acceptors (Lipinski definition) is 3. The minimum Gasteiger partial charge on any atom is -0.489 e. The summed E-state index contributed by atoms with van der Waals surface area (Å²) in [5.74, 6) is -0.824. The Morgan fingerprint density at radius 3 is 2.88 bits per heavy atom. The topological polar surface area (TPSA) is 78.9 Å². The van der Waals surface area contributed by atoms with E-state index in [4.69, 9.17) is 9.84 Å². The molecule has 1 aliphatic rings. The average molecular weight is 236 g/mol. The number of nitrogens with zero attached hydrogens (tertiary/aromatic N) is 1. The van der Waals surface area contributed by atoms with Crippen molar-refractivity contribution in [3.8, 4) is 5.75 Å². The standard InChI is InChI=1S/C11H12N2O4/c1-12-11(16)13-5-6-17-9-7(10(14)15)3-2-4-8(9)13/h2-4H,5-6H2,1H3,(H,12,16)(H,14,15). The second kappa shape index (κ2) is 4.32. The molecule has 0 fully saturated rings. The van der Waals surface area contributed by atoms with Crippen LogP contribution >= 0.6 is 0 Å². The molecule has 0 aromatic heterocycles. The molecule has 1 aliphatic heterocycles. The average Bonchev–Trinajstić information content (AvgIpc) is 2.36. The number of rotatable bonds is 1. The molecule has 0 spiro atoms. The first kappa shape index (κ1) is 11.3. The number of benzene rings is 1. The molecule has 2 N–H and O–H groups in total. The number of carboxylic acids is 1. The van der Waals surface area contributed by atoms with E-state index in [1.165, 1.54) is 18.0 Å². The van der Waals surface area contributed by atoms with Gasteiger partial charge in [0.25, 0.3) is 0 Å². The van der Waals surface area contributed by atoms with Gasteiger partial charge in [0.1, 0.15) is 12.2 Å². The Bertz CT molecular complexity index is 473. The number of aromatic carboxylic acids is 1. The summed E-state index contributed by atoms with van der Waals surface area (Å²) >= 11 is 0. The number of carboxylic acid groups (broad SMARTS) is 1. The Balaban J connectivity index is 2.49. The molecule has 2 rings (SSSR count). The zero-order valence-corrected chi connectivity index (χ0v) is 9.27. The molecule has 0 radical (unpaired) electrons. The molecular weight excluding hydrogens is 224 g/mol. The van der Waals surface area contributed by atoms with Gasteiger partial charge in [-0.05, 0) is 12.1 Å². The summed E-state index contributed by atoms with van der Waals surface area (Å²) in [6.07, 6.45) is 0. The van der Waals surface area contributed by atoms with Crippen molar-refractivity contribution in [1.29, 1.82) is 0 Å². The molecule has 0 saturated carbocycles. The Morgan fingerprint density at radius 1 is 1.47 bits per heavy atom. The highest BCUT2D eigenvalue weighted by Gasteiger charge is 2.26. The number of ether oxygens (including phenoxy) is 1. The number of nitrogens with one attached hydrogen (secondary N) is 1. The lowest BCUT2D eigenvalue weighted by atomic mass is 10.1. The van der Waals surface area contributed by atoms with Crippen LogP contribution < -0.4 is 15.0 Å². The molecule has 6 heteroatoms. The third kappa shape index (κ3) is 1.89. The fourth-order valence-corrected chi connectivity index (χ4v) is 1.76. The van der Waals surface area contributed by atoms with Crippen LogP contribution in [0.2, 0.25) is 0 Å². The summed E-state index contributed by atoms with van der Waals surface area (Å²) in [7, 11) is 1.53. The Morgan fingerprint density at radius 2 is 2.24 bits per heavy atom. The van der Waals surface area contributed by atoms with Crippen LogP contribution in [0.5, 0.6) is 5.75 Å². The zero-order valence-electron chi connectivity index (χ0n) is 9.27. The number of hydrogen-bond donors (Lipinski definition) is 2. The quantitative estimate of drug-likeness (QED) is 0.760. The Labute approximate surface area is 97.8 Å². The molecule has 0 unspecified atom stereocenters. The van der Waals surface area contributed by atoms with Gasteiger partial charge >= 0.3 is 12.0 Å². The highest BCUT2D eigenvalue weighted by Crippen LogP contribution is 2.34. The zero-order chi connectivity index (χ0) is 12.4. The van der Waals surface area contributed by atoms with Gasteiger partial charge in [0.05, 0.1) is 12.2 Å². The summed E-state index contributed by atoms with van der Waals surface area (Å²) in [6.45, 7) is 0.681. The second-order valence-electron chi connectivity index (χ2n) is 3.51. The first-order valence-corrected chi connectivity index (χ1v) is 5.13. The van der Waals surface area contributed by atoms with E-state index in [1.54, 1.807) is 12.1 Å². The van der Waals surface area contributed by atoms with Gasteiger partial charge in [-0.15, -0.1) is 0 Å². The largest absolute Gasteiger partial charge is 0.489 e. The van der Waals surface area contributed by atoms with Gasteiger partial charge < -0.3 is 15.2 Å². The van der Waals surface area contributed by atoms with Crippen molar-refractivity contribution < 1.29 is 19.4 Å². The lowest BCUT2D eigenvalue weighted by Gasteiger charge is -2.29. The molecule has 0 bridgehead atoms. The summed E-state index contributed by atoms with van der Waals surface area (Å²) in [6, 6.07) is 4.43. The van der Waals surface area contributed by atoms with Crippen molar-refractivity contribution in [2.75, 3.05) is 25.1 Å². The Kier molecular flexibility index (Phi) is 2.86. The maximum absolute atomic E-state index is 11.6. The first-order valence-electron chi connectivity index (χ1n) is 5.13. The molecule has 0 aliphatic carbocycles. The molecule has 0 saturated heterocycles. The van der Waals surface area contributed by atoms with Gasteiger partial charge in [-0.2, -0.15) is 0 Å². The highest BCUT2D eigenvalue weighted by atomic mass is 16.5. The smallest absolute Gasteiger partial charge is 0.339 e. The monoisotopic (exact) mass is 236 g/mol. The van der Waals surface area contributed by atoms with Crippen molar-refractivity contribution in [3.63, 3.8) is 0 Å². The van der Waals surface area contributed by atoms with Gasteiger partial charge in [-0.25, -0.2) is 9.59 Å². The molecule has 1 aromatic rings. The minimum atomic E-state index is -1.07. The van der Waals surface area contributed by atoms with E-state index in [0.29, 0.717) is 12.2 Å². The van der Waals surface area contributed by atoms with Crippen LogP contribution in [-0.2, 0) is 0 Å². The van der Waals surface area contributed by atoms with Crippen LogP contribution in [-0.4, -0.2) is 37.3 Å². The van der Waals surface area contributed by atoms with Crippen LogP contribution in [0.25, 0.3) is 0 Å². The summed E-state index contributed by atoms with van der Waals surface area (Å²) in [4.78, 5) is 24.1. The van der Waals surface area contributed by atoms with Crippen molar-refractivity contribution in [2.24, 2.45) is 0 Å². The second-order valence-corrected chi connectivity index (χ2v) is 3.51. The number of anilines is 1.